The highest BCUT2D eigenvalue weighted by Crippen LogP contribution is 2.40. The quantitative estimate of drug-likeness (QED) is 0.744. The number of pyridine rings is 2. The van der Waals surface area contributed by atoms with E-state index in [-0.39, 0.29) is 23.6 Å². The van der Waals surface area contributed by atoms with Gasteiger partial charge in [-0.25, -0.2) is 4.39 Å². The van der Waals surface area contributed by atoms with Crippen molar-refractivity contribution < 1.29 is 9.13 Å². The Labute approximate surface area is 166 Å². The Morgan fingerprint density at radius 3 is 2.69 bits per heavy atom. The van der Waals surface area contributed by atoms with Crippen molar-refractivity contribution in [2.45, 2.75) is 19.4 Å². The molecule has 29 heavy (non-hydrogen) atoms. The number of nitrogens with two attached hydrogens (primary N) is 1. The van der Waals surface area contributed by atoms with Crippen LogP contribution in [0.15, 0.2) is 71.0 Å². The number of aryl methyl sites for hydroxylation is 1. The molecule has 144 valence electrons. The number of benzene rings is 1. The van der Waals surface area contributed by atoms with E-state index in [0.29, 0.717) is 22.6 Å². The van der Waals surface area contributed by atoms with E-state index in [9.17, 15) is 14.4 Å². The van der Waals surface area contributed by atoms with E-state index in [0.717, 1.165) is 5.69 Å². The van der Waals surface area contributed by atoms with E-state index >= 15 is 0 Å². The molecule has 0 aliphatic carbocycles. The molecule has 0 amide bonds. The molecule has 0 bridgehead atoms. The average Bonchev–Trinajstić information content (AvgIpc) is 2.71. The van der Waals surface area contributed by atoms with E-state index in [1.807, 2.05) is 18.2 Å². The van der Waals surface area contributed by atoms with E-state index < -0.39 is 11.7 Å². The van der Waals surface area contributed by atoms with Gasteiger partial charge in [0.15, 0.2) is 0 Å². The van der Waals surface area contributed by atoms with Crippen molar-refractivity contribution >= 4 is 0 Å². The van der Waals surface area contributed by atoms with Crippen LogP contribution in [-0.4, -0.2) is 9.55 Å². The molecule has 2 N–H and O–H groups in total. The first-order valence-electron chi connectivity index (χ1n) is 8.97. The maximum Gasteiger partial charge on any atom is 0.259 e. The molecule has 7 heteroatoms. The number of hydrogen-bond donors (Lipinski definition) is 1. The minimum absolute atomic E-state index is 0.0596. The van der Waals surface area contributed by atoms with Crippen LogP contribution in [0.25, 0.3) is 0 Å². The maximum absolute atomic E-state index is 13.5. The van der Waals surface area contributed by atoms with E-state index in [1.165, 1.54) is 12.1 Å². The summed E-state index contributed by atoms with van der Waals surface area (Å²) in [7, 11) is 0. The van der Waals surface area contributed by atoms with Crippen molar-refractivity contribution in [2.75, 3.05) is 0 Å². The van der Waals surface area contributed by atoms with Crippen molar-refractivity contribution in [3.63, 3.8) is 0 Å². The standard InChI is InChI=1S/C22H17FN4O2/c1-13-10-18-20(22(28)27(13)12-16-4-2-3-9-26-16)19(17(11-24)21(25)29-18)14-5-7-15(23)8-6-14/h2-10,19H,12,25H2,1H3. The molecule has 1 aliphatic heterocycles. The number of aromatic nitrogens is 2. The van der Waals surface area contributed by atoms with Crippen LogP contribution in [0.2, 0.25) is 0 Å². The lowest BCUT2D eigenvalue weighted by Gasteiger charge is -2.27. The van der Waals surface area contributed by atoms with Gasteiger partial charge in [-0.05, 0) is 36.8 Å². The van der Waals surface area contributed by atoms with E-state index in [1.54, 1.807) is 42.0 Å². The number of nitrogens with zero attached hydrogens (tertiary/aromatic N) is 3. The molecular formula is C22H17FN4O2. The smallest absolute Gasteiger partial charge is 0.259 e. The number of rotatable bonds is 3. The lowest BCUT2D eigenvalue weighted by molar-refractivity contribution is 0.389. The molecule has 0 spiro atoms. The molecule has 4 rings (SSSR count). The number of hydrogen-bond acceptors (Lipinski definition) is 5. The maximum atomic E-state index is 13.5. The third kappa shape index (κ3) is 3.25. The Bertz CT molecular complexity index is 1210. The van der Waals surface area contributed by atoms with Crippen LogP contribution in [0, 0.1) is 24.1 Å². The second-order valence-corrected chi connectivity index (χ2v) is 6.75. The molecule has 1 aliphatic rings. The Kier molecular flexibility index (Phi) is 4.61. The van der Waals surface area contributed by atoms with Crippen LogP contribution < -0.4 is 16.0 Å². The summed E-state index contributed by atoms with van der Waals surface area (Å²) >= 11 is 0. The molecule has 3 aromatic rings. The summed E-state index contributed by atoms with van der Waals surface area (Å²) in [6.45, 7) is 2.07. The van der Waals surface area contributed by atoms with Crippen LogP contribution in [0.3, 0.4) is 0 Å². The van der Waals surface area contributed by atoms with Gasteiger partial charge in [-0.15, -0.1) is 0 Å². The van der Waals surface area contributed by atoms with Crippen molar-refractivity contribution in [1.29, 1.82) is 5.26 Å². The van der Waals surface area contributed by atoms with Crippen molar-refractivity contribution in [1.82, 2.24) is 9.55 Å². The van der Waals surface area contributed by atoms with Gasteiger partial charge in [-0.1, -0.05) is 18.2 Å². The van der Waals surface area contributed by atoms with Gasteiger partial charge in [0.05, 0.1) is 23.7 Å². The van der Waals surface area contributed by atoms with Crippen LogP contribution in [0.5, 0.6) is 5.75 Å². The molecule has 3 heterocycles. The van der Waals surface area contributed by atoms with Gasteiger partial charge >= 0.3 is 0 Å². The van der Waals surface area contributed by atoms with Crippen LogP contribution in [-0.2, 0) is 6.54 Å². The summed E-state index contributed by atoms with van der Waals surface area (Å²) in [5.74, 6) is -0.911. The molecule has 1 atom stereocenters. The molecule has 2 aromatic heterocycles. The fraction of sp³-hybridized carbons (Fsp3) is 0.136. The Hall–Kier alpha value is -3.92. The Balaban J connectivity index is 1.92. The minimum Gasteiger partial charge on any atom is -0.440 e. The first-order chi connectivity index (χ1) is 14.0. The lowest BCUT2D eigenvalue weighted by Crippen LogP contribution is -2.33. The fourth-order valence-electron chi connectivity index (χ4n) is 3.52. The summed E-state index contributed by atoms with van der Waals surface area (Å²) in [6, 6.07) is 14.9. The molecule has 0 fully saturated rings. The van der Waals surface area contributed by atoms with Gasteiger partial charge in [0.2, 0.25) is 5.88 Å². The van der Waals surface area contributed by atoms with Gasteiger partial charge in [-0.3, -0.25) is 9.78 Å². The SMILES string of the molecule is Cc1cc2c(c(=O)n1Cc1ccccn1)C(c1ccc(F)cc1)C(C#N)=C(N)O2. The third-order valence-electron chi connectivity index (χ3n) is 4.94. The zero-order valence-electron chi connectivity index (χ0n) is 15.6. The number of halogens is 1. The summed E-state index contributed by atoms with van der Waals surface area (Å²) < 4.78 is 20.6. The van der Waals surface area contributed by atoms with Crippen molar-refractivity contribution in [3.05, 3.63) is 105 Å². The van der Waals surface area contributed by atoms with E-state index in [4.69, 9.17) is 10.5 Å². The highest BCUT2D eigenvalue weighted by molar-refractivity contribution is 5.55. The monoisotopic (exact) mass is 388 g/mol. The predicted molar refractivity (Wildman–Crippen MR) is 104 cm³/mol. The normalized spacial score (nSPS) is 15.4. The van der Waals surface area contributed by atoms with E-state index in [2.05, 4.69) is 4.98 Å². The lowest BCUT2D eigenvalue weighted by atomic mass is 9.84. The van der Waals surface area contributed by atoms with Gasteiger partial charge in [0.1, 0.15) is 23.2 Å². The average molecular weight is 388 g/mol. The highest BCUT2D eigenvalue weighted by atomic mass is 19.1. The number of ether oxygens (including phenoxy) is 1. The molecule has 1 aromatic carbocycles. The summed E-state index contributed by atoms with van der Waals surface area (Å²) in [6.07, 6.45) is 1.66. The topological polar surface area (TPSA) is 93.9 Å². The fourth-order valence-corrected chi connectivity index (χ4v) is 3.52. The molecule has 0 saturated heterocycles. The largest absolute Gasteiger partial charge is 0.440 e. The third-order valence-corrected chi connectivity index (χ3v) is 4.94. The molecule has 1 unspecified atom stereocenters. The second-order valence-electron chi connectivity index (χ2n) is 6.75. The summed E-state index contributed by atoms with van der Waals surface area (Å²) in [5.41, 5.74) is 8.06. The van der Waals surface area contributed by atoms with Crippen LogP contribution in [0.1, 0.15) is 28.4 Å². The van der Waals surface area contributed by atoms with Crippen LogP contribution in [0.4, 0.5) is 4.39 Å². The van der Waals surface area contributed by atoms with Gasteiger partial charge in [0, 0.05) is 18.0 Å². The van der Waals surface area contributed by atoms with Crippen molar-refractivity contribution in [2.24, 2.45) is 5.73 Å². The predicted octanol–water partition coefficient (Wildman–Crippen LogP) is 2.96. The number of fused-ring (bicyclic) bond motifs is 1. The second kappa shape index (κ2) is 7.24. The van der Waals surface area contributed by atoms with Gasteiger partial charge in [-0.2, -0.15) is 5.26 Å². The zero-order chi connectivity index (χ0) is 20.5. The molecular weight excluding hydrogens is 371 g/mol. The Morgan fingerprint density at radius 1 is 1.28 bits per heavy atom. The molecule has 0 saturated carbocycles. The zero-order valence-corrected chi connectivity index (χ0v) is 15.6. The minimum atomic E-state index is -0.743. The highest BCUT2D eigenvalue weighted by Gasteiger charge is 2.34. The summed E-state index contributed by atoms with van der Waals surface area (Å²) in [4.78, 5) is 17.7. The first-order valence-corrected chi connectivity index (χ1v) is 8.97. The Morgan fingerprint density at radius 2 is 2.03 bits per heavy atom. The van der Waals surface area contributed by atoms with Crippen LogP contribution >= 0.6 is 0 Å². The first kappa shape index (κ1) is 18.4. The van der Waals surface area contributed by atoms with Gasteiger partial charge < -0.3 is 15.0 Å². The number of nitriles is 1. The summed E-state index contributed by atoms with van der Waals surface area (Å²) in [5, 5.41) is 9.66. The van der Waals surface area contributed by atoms with Gasteiger partial charge in [0.25, 0.3) is 5.56 Å². The molecule has 6 nitrogen and oxygen atoms in total. The molecule has 0 radical (unpaired) electrons. The number of allylic oxidation sites excluding steroid dienone is 1. The van der Waals surface area contributed by atoms with Crippen molar-refractivity contribution in [3.8, 4) is 11.8 Å².